The maximum atomic E-state index is 11.2. The number of aromatic nitrogens is 3. The number of aldehydes is 1. The number of carbonyl (C=O) groups excluding carboxylic acids is 1. The Hall–Kier alpha value is -3.20. The van der Waals surface area contributed by atoms with E-state index in [0.717, 1.165) is 34.1 Å². The van der Waals surface area contributed by atoms with Gasteiger partial charge in [-0.2, -0.15) is 5.26 Å². The van der Waals surface area contributed by atoms with Crippen molar-refractivity contribution in [1.82, 2.24) is 15.0 Å². The molecular formula is C18H17N5O. The summed E-state index contributed by atoms with van der Waals surface area (Å²) in [5.74, 6) is 0.182. The monoisotopic (exact) mass is 319 g/mol. The van der Waals surface area contributed by atoms with E-state index in [1.165, 1.54) is 6.20 Å². The Morgan fingerprint density at radius 2 is 2.12 bits per heavy atom. The van der Waals surface area contributed by atoms with Crippen molar-refractivity contribution in [3.05, 3.63) is 42.5 Å². The van der Waals surface area contributed by atoms with Gasteiger partial charge in [0.2, 0.25) is 0 Å². The van der Waals surface area contributed by atoms with Gasteiger partial charge >= 0.3 is 0 Å². The minimum atomic E-state index is -0.267. The van der Waals surface area contributed by atoms with Gasteiger partial charge in [0.25, 0.3) is 0 Å². The minimum Gasteiger partial charge on any atom is -0.374 e. The van der Waals surface area contributed by atoms with Gasteiger partial charge in [-0.3, -0.25) is 4.98 Å². The van der Waals surface area contributed by atoms with Crippen LogP contribution in [0.15, 0.2) is 36.9 Å². The number of anilines is 1. The van der Waals surface area contributed by atoms with E-state index in [1.807, 2.05) is 26.1 Å². The first-order valence-electron chi connectivity index (χ1n) is 7.67. The molecule has 24 heavy (non-hydrogen) atoms. The molecule has 0 fully saturated rings. The molecular weight excluding hydrogens is 302 g/mol. The standard InChI is InChI=1S/C18H17N5O/c1-11(2)17(10-24)23-14-4-13(7-20-8-14)16-9-22-18-15(16)3-12(5-19)6-21-18/h3-4,6-11,17,23H,1-2H3,(H,21,22). The molecule has 1 atom stereocenters. The van der Waals surface area contributed by atoms with Crippen molar-refractivity contribution >= 4 is 23.0 Å². The average Bonchev–Trinajstić information content (AvgIpc) is 3.02. The highest BCUT2D eigenvalue weighted by Crippen LogP contribution is 2.29. The van der Waals surface area contributed by atoms with Gasteiger partial charge < -0.3 is 15.1 Å². The van der Waals surface area contributed by atoms with Gasteiger partial charge in [-0.15, -0.1) is 0 Å². The Kier molecular flexibility index (Phi) is 4.25. The molecule has 0 saturated heterocycles. The number of nitriles is 1. The lowest BCUT2D eigenvalue weighted by molar-refractivity contribution is -0.109. The van der Waals surface area contributed by atoms with E-state index in [4.69, 9.17) is 5.26 Å². The zero-order chi connectivity index (χ0) is 17.1. The van der Waals surface area contributed by atoms with Crippen LogP contribution in [-0.2, 0) is 4.79 Å². The van der Waals surface area contributed by atoms with Crippen LogP contribution in [0.3, 0.4) is 0 Å². The summed E-state index contributed by atoms with van der Waals surface area (Å²) in [6, 6.07) is 5.58. The zero-order valence-electron chi connectivity index (χ0n) is 13.4. The molecule has 0 aromatic carbocycles. The number of hydrogen-bond donors (Lipinski definition) is 2. The SMILES string of the molecule is CC(C)C(C=O)Nc1cncc(-c2c[nH]c3ncc(C#N)cc23)c1. The topological polar surface area (TPSA) is 94.5 Å². The van der Waals surface area contributed by atoms with Crippen LogP contribution < -0.4 is 5.32 Å². The molecule has 0 aliphatic heterocycles. The van der Waals surface area contributed by atoms with Crippen LogP contribution >= 0.6 is 0 Å². The first-order chi connectivity index (χ1) is 11.6. The van der Waals surface area contributed by atoms with Crippen molar-refractivity contribution in [2.75, 3.05) is 5.32 Å². The predicted molar refractivity (Wildman–Crippen MR) is 92.4 cm³/mol. The second-order valence-electron chi connectivity index (χ2n) is 5.95. The average molecular weight is 319 g/mol. The normalized spacial score (nSPS) is 12.1. The molecule has 6 heteroatoms. The molecule has 3 aromatic rings. The van der Waals surface area contributed by atoms with E-state index in [0.29, 0.717) is 5.56 Å². The zero-order valence-corrected chi connectivity index (χ0v) is 13.4. The molecule has 6 nitrogen and oxygen atoms in total. The van der Waals surface area contributed by atoms with Crippen LogP contribution in [-0.4, -0.2) is 27.3 Å². The smallest absolute Gasteiger partial charge is 0.142 e. The molecule has 0 aliphatic carbocycles. The molecule has 0 spiro atoms. The Bertz CT molecular complexity index is 923. The molecule has 0 amide bonds. The molecule has 0 bridgehead atoms. The Labute approximate surface area is 139 Å². The number of pyridine rings is 2. The lowest BCUT2D eigenvalue weighted by Crippen LogP contribution is -2.27. The molecule has 3 rings (SSSR count). The van der Waals surface area contributed by atoms with Crippen LogP contribution in [0.4, 0.5) is 5.69 Å². The molecule has 0 saturated carbocycles. The van der Waals surface area contributed by atoms with Gasteiger partial charge in [0.05, 0.1) is 17.3 Å². The summed E-state index contributed by atoms with van der Waals surface area (Å²) in [6.45, 7) is 3.97. The molecule has 120 valence electrons. The van der Waals surface area contributed by atoms with Gasteiger partial charge in [-0.25, -0.2) is 4.98 Å². The molecule has 0 radical (unpaired) electrons. The number of carbonyl (C=O) groups is 1. The summed E-state index contributed by atoms with van der Waals surface area (Å²) in [7, 11) is 0. The first kappa shape index (κ1) is 15.7. The fraction of sp³-hybridized carbons (Fsp3) is 0.222. The fourth-order valence-corrected chi connectivity index (χ4v) is 2.52. The van der Waals surface area contributed by atoms with Gasteiger partial charge in [-0.1, -0.05) is 13.8 Å². The number of H-pyrrole nitrogens is 1. The van der Waals surface area contributed by atoms with Crippen molar-refractivity contribution in [2.45, 2.75) is 19.9 Å². The maximum Gasteiger partial charge on any atom is 0.142 e. The minimum absolute atomic E-state index is 0.182. The fourth-order valence-electron chi connectivity index (χ4n) is 2.52. The van der Waals surface area contributed by atoms with Crippen LogP contribution in [0.1, 0.15) is 19.4 Å². The second-order valence-corrected chi connectivity index (χ2v) is 5.95. The van der Waals surface area contributed by atoms with Crippen molar-refractivity contribution in [1.29, 1.82) is 5.26 Å². The van der Waals surface area contributed by atoms with Crippen LogP contribution in [0.2, 0.25) is 0 Å². The van der Waals surface area contributed by atoms with Gasteiger partial charge in [0, 0.05) is 41.3 Å². The lowest BCUT2D eigenvalue weighted by atomic mass is 10.0. The first-order valence-corrected chi connectivity index (χ1v) is 7.67. The predicted octanol–water partition coefficient (Wildman–Crippen LogP) is 3.13. The van der Waals surface area contributed by atoms with Crippen LogP contribution in [0, 0.1) is 17.2 Å². The van der Waals surface area contributed by atoms with Gasteiger partial charge in [0.1, 0.15) is 18.0 Å². The number of fused-ring (bicyclic) bond motifs is 1. The lowest BCUT2D eigenvalue weighted by Gasteiger charge is -2.17. The van der Waals surface area contributed by atoms with E-state index in [1.54, 1.807) is 18.5 Å². The summed E-state index contributed by atoms with van der Waals surface area (Å²) >= 11 is 0. The second kappa shape index (κ2) is 6.50. The van der Waals surface area contributed by atoms with E-state index >= 15 is 0 Å². The van der Waals surface area contributed by atoms with E-state index < -0.39 is 0 Å². The maximum absolute atomic E-state index is 11.2. The summed E-state index contributed by atoms with van der Waals surface area (Å²) in [4.78, 5) is 22.8. The van der Waals surface area contributed by atoms with Gasteiger partial charge in [0.15, 0.2) is 0 Å². The van der Waals surface area contributed by atoms with Crippen molar-refractivity contribution in [2.24, 2.45) is 5.92 Å². The van der Waals surface area contributed by atoms with E-state index in [9.17, 15) is 4.79 Å². The number of hydrogen-bond acceptors (Lipinski definition) is 5. The van der Waals surface area contributed by atoms with E-state index in [-0.39, 0.29) is 12.0 Å². The third-order valence-corrected chi connectivity index (χ3v) is 3.91. The summed E-state index contributed by atoms with van der Waals surface area (Å²) < 4.78 is 0. The third-order valence-electron chi connectivity index (χ3n) is 3.91. The molecule has 0 aliphatic rings. The van der Waals surface area contributed by atoms with Crippen LogP contribution in [0.5, 0.6) is 0 Å². The van der Waals surface area contributed by atoms with Gasteiger partial charge in [-0.05, 0) is 18.1 Å². The Morgan fingerprint density at radius 1 is 1.29 bits per heavy atom. The molecule has 2 N–H and O–H groups in total. The molecule has 3 heterocycles. The summed E-state index contributed by atoms with van der Waals surface area (Å²) in [6.07, 6.45) is 7.73. The number of aromatic amines is 1. The Morgan fingerprint density at radius 3 is 2.83 bits per heavy atom. The van der Waals surface area contributed by atoms with Crippen LogP contribution in [0.25, 0.3) is 22.2 Å². The number of nitrogens with one attached hydrogen (secondary N) is 2. The molecule has 1 unspecified atom stereocenters. The summed E-state index contributed by atoms with van der Waals surface area (Å²) in [5, 5.41) is 13.1. The van der Waals surface area contributed by atoms with Crippen molar-refractivity contribution in [3.8, 4) is 17.2 Å². The number of rotatable bonds is 5. The highest BCUT2D eigenvalue weighted by molar-refractivity contribution is 5.94. The Balaban J connectivity index is 2.00. The number of nitrogens with zero attached hydrogens (tertiary/aromatic N) is 3. The van der Waals surface area contributed by atoms with Crippen molar-refractivity contribution in [3.63, 3.8) is 0 Å². The summed E-state index contributed by atoms with van der Waals surface area (Å²) in [5.41, 5.74) is 3.80. The third kappa shape index (κ3) is 2.97. The van der Waals surface area contributed by atoms with Crippen molar-refractivity contribution < 1.29 is 4.79 Å². The largest absolute Gasteiger partial charge is 0.374 e. The quantitative estimate of drug-likeness (QED) is 0.705. The highest BCUT2D eigenvalue weighted by Gasteiger charge is 2.13. The molecule has 3 aromatic heterocycles. The van der Waals surface area contributed by atoms with E-state index in [2.05, 4.69) is 26.3 Å². The highest BCUT2D eigenvalue weighted by atomic mass is 16.1.